The normalized spacial score (nSPS) is 19.7. The molecule has 0 bridgehead atoms. The maximum atomic E-state index is 5.18. The van der Waals surface area contributed by atoms with Gasteiger partial charge in [-0.2, -0.15) is 0 Å². The van der Waals surface area contributed by atoms with Gasteiger partial charge >= 0.3 is 0 Å². The van der Waals surface area contributed by atoms with Crippen LogP contribution in [0.25, 0.3) is 0 Å². The molecule has 68 valence electrons. The number of hydrogen-bond donors (Lipinski definition) is 0. The summed E-state index contributed by atoms with van der Waals surface area (Å²) < 4.78 is 5.18. The molecule has 1 saturated heterocycles. The van der Waals surface area contributed by atoms with Crippen LogP contribution in [-0.4, -0.2) is 38.3 Å². The van der Waals surface area contributed by atoms with Gasteiger partial charge in [0.25, 0.3) is 0 Å². The van der Waals surface area contributed by atoms with Crippen molar-refractivity contribution in [1.29, 1.82) is 0 Å². The van der Waals surface area contributed by atoms with E-state index >= 15 is 0 Å². The van der Waals surface area contributed by atoms with Gasteiger partial charge < -0.3 is 4.74 Å². The van der Waals surface area contributed by atoms with Crippen LogP contribution in [0.15, 0.2) is 0 Å². The van der Waals surface area contributed by atoms with Gasteiger partial charge in [-0.15, -0.1) is 5.92 Å². The molecule has 1 aliphatic rings. The van der Waals surface area contributed by atoms with E-state index in [-0.39, 0.29) is 0 Å². The van der Waals surface area contributed by atoms with Gasteiger partial charge in [0.2, 0.25) is 0 Å². The lowest BCUT2D eigenvalue weighted by molar-refractivity contribution is -0.111. The van der Waals surface area contributed by atoms with Crippen LogP contribution in [0.5, 0.6) is 0 Å². The molecule has 0 amide bonds. The van der Waals surface area contributed by atoms with Crippen molar-refractivity contribution in [2.75, 3.05) is 33.4 Å². The second-order valence-corrected chi connectivity index (χ2v) is 3.90. The van der Waals surface area contributed by atoms with Gasteiger partial charge in [0, 0.05) is 12.0 Å². The van der Waals surface area contributed by atoms with E-state index in [4.69, 9.17) is 4.74 Å². The summed E-state index contributed by atoms with van der Waals surface area (Å²) in [5, 5.41) is 0. The van der Waals surface area contributed by atoms with Crippen molar-refractivity contribution in [2.24, 2.45) is 5.41 Å². The predicted octanol–water partition coefficient (Wildman–Crippen LogP) is 0.978. The quantitative estimate of drug-likeness (QED) is 0.581. The Morgan fingerprint density at radius 1 is 1.50 bits per heavy atom. The van der Waals surface area contributed by atoms with Gasteiger partial charge in [-0.05, 0) is 14.0 Å². The molecule has 0 aromatic heterocycles. The van der Waals surface area contributed by atoms with Crippen LogP contribution in [0.2, 0.25) is 0 Å². The van der Waals surface area contributed by atoms with Crippen molar-refractivity contribution in [1.82, 2.24) is 4.90 Å². The molecule has 0 unspecified atom stereocenters. The minimum atomic E-state index is 0.379. The summed E-state index contributed by atoms with van der Waals surface area (Å²) >= 11 is 0. The van der Waals surface area contributed by atoms with E-state index in [1.165, 1.54) is 0 Å². The number of hydrogen-bond acceptors (Lipinski definition) is 2. The Morgan fingerprint density at radius 3 is 2.58 bits per heavy atom. The Balaban J connectivity index is 2.23. The van der Waals surface area contributed by atoms with Crippen molar-refractivity contribution >= 4 is 0 Å². The summed E-state index contributed by atoms with van der Waals surface area (Å²) in [6.07, 6.45) is 0. The Kier molecular flexibility index (Phi) is 3.13. The van der Waals surface area contributed by atoms with Crippen molar-refractivity contribution in [2.45, 2.75) is 13.8 Å². The first kappa shape index (κ1) is 9.57. The van der Waals surface area contributed by atoms with Crippen LogP contribution in [0, 0.1) is 17.3 Å². The van der Waals surface area contributed by atoms with E-state index in [0.717, 1.165) is 26.3 Å². The molecule has 0 aromatic carbocycles. The van der Waals surface area contributed by atoms with E-state index in [2.05, 4.69) is 30.7 Å². The Morgan fingerprint density at radius 2 is 2.17 bits per heavy atom. The molecule has 2 nitrogen and oxygen atoms in total. The Hall–Kier alpha value is -0.520. The van der Waals surface area contributed by atoms with E-state index in [1.807, 2.05) is 6.92 Å². The summed E-state index contributed by atoms with van der Waals surface area (Å²) in [6.45, 7) is 7.88. The maximum absolute atomic E-state index is 5.18. The second kappa shape index (κ2) is 3.93. The molecular weight excluding hydrogens is 150 g/mol. The zero-order chi connectivity index (χ0) is 9.03. The lowest BCUT2D eigenvalue weighted by Gasteiger charge is -2.40. The van der Waals surface area contributed by atoms with Gasteiger partial charge in [0.1, 0.15) is 0 Å². The molecule has 12 heavy (non-hydrogen) atoms. The Bertz CT molecular complexity index is 198. The average molecular weight is 167 g/mol. The average Bonchev–Trinajstić information content (AvgIpc) is 1.98. The molecule has 2 heteroatoms. The SMILES string of the molecule is CC#CCN(C)CC1(C)COC1. The van der Waals surface area contributed by atoms with E-state index < -0.39 is 0 Å². The fraction of sp³-hybridized carbons (Fsp3) is 0.800. The van der Waals surface area contributed by atoms with E-state index in [0.29, 0.717) is 5.41 Å². The highest BCUT2D eigenvalue weighted by Gasteiger charge is 2.33. The first-order valence-electron chi connectivity index (χ1n) is 4.32. The first-order valence-corrected chi connectivity index (χ1v) is 4.32. The molecule has 0 atom stereocenters. The number of nitrogens with zero attached hydrogens (tertiary/aromatic N) is 1. The predicted molar refractivity (Wildman–Crippen MR) is 49.9 cm³/mol. The van der Waals surface area contributed by atoms with Crippen LogP contribution in [0.3, 0.4) is 0 Å². The monoisotopic (exact) mass is 167 g/mol. The van der Waals surface area contributed by atoms with Gasteiger partial charge in [-0.3, -0.25) is 4.90 Å². The standard InChI is InChI=1S/C10H17NO/c1-4-5-6-11(3)7-10(2)8-12-9-10/h6-9H2,1-3H3. The maximum Gasteiger partial charge on any atom is 0.0599 e. The van der Waals surface area contributed by atoms with Gasteiger partial charge in [-0.25, -0.2) is 0 Å². The van der Waals surface area contributed by atoms with E-state index in [9.17, 15) is 0 Å². The van der Waals surface area contributed by atoms with Gasteiger partial charge in [0.15, 0.2) is 0 Å². The highest BCUT2D eigenvalue weighted by Crippen LogP contribution is 2.26. The number of ether oxygens (including phenoxy) is 1. The molecule has 0 saturated carbocycles. The van der Waals surface area contributed by atoms with Crippen LogP contribution >= 0.6 is 0 Å². The lowest BCUT2D eigenvalue weighted by Crippen LogP contribution is -2.47. The highest BCUT2D eigenvalue weighted by molar-refractivity contribution is 4.98. The molecule has 0 aliphatic carbocycles. The summed E-state index contributed by atoms with van der Waals surface area (Å²) in [7, 11) is 2.11. The van der Waals surface area contributed by atoms with Crippen LogP contribution in [-0.2, 0) is 4.74 Å². The van der Waals surface area contributed by atoms with Gasteiger partial charge in [0.05, 0.1) is 19.8 Å². The van der Waals surface area contributed by atoms with Crippen LogP contribution in [0.1, 0.15) is 13.8 Å². The molecule has 1 heterocycles. The summed E-state index contributed by atoms with van der Waals surface area (Å²) in [6, 6.07) is 0. The third-order valence-corrected chi connectivity index (χ3v) is 2.08. The van der Waals surface area contributed by atoms with E-state index in [1.54, 1.807) is 0 Å². The molecule has 0 spiro atoms. The van der Waals surface area contributed by atoms with Crippen molar-refractivity contribution in [3.05, 3.63) is 0 Å². The molecule has 1 aliphatic heterocycles. The summed E-state index contributed by atoms with van der Waals surface area (Å²) in [4.78, 5) is 2.25. The Labute approximate surface area is 74.9 Å². The third kappa shape index (κ3) is 2.51. The highest BCUT2D eigenvalue weighted by atomic mass is 16.5. The summed E-state index contributed by atoms with van der Waals surface area (Å²) in [5.74, 6) is 5.95. The van der Waals surface area contributed by atoms with Crippen LogP contribution in [0.4, 0.5) is 0 Å². The molecule has 0 aromatic rings. The zero-order valence-electron chi connectivity index (χ0n) is 8.18. The molecule has 0 N–H and O–H groups in total. The third-order valence-electron chi connectivity index (χ3n) is 2.08. The smallest absolute Gasteiger partial charge is 0.0599 e. The van der Waals surface area contributed by atoms with Gasteiger partial charge in [-0.1, -0.05) is 12.8 Å². The number of rotatable bonds is 3. The zero-order valence-corrected chi connectivity index (χ0v) is 8.18. The van der Waals surface area contributed by atoms with Crippen molar-refractivity contribution in [3.8, 4) is 11.8 Å². The topological polar surface area (TPSA) is 12.5 Å². The fourth-order valence-electron chi connectivity index (χ4n) is 1.46. The minimum Gasteiger partial charge on any atom is -0.380 e. The largest absolute Gasteiger partial charge is 0.380 e. The lowest BCUT2D eigenvalue weighted by atomic mass is 9.88. The molecule has 1 fully saturated rings. The fourth-order valence-corrected chi connectivity index (χ4v) is 1.46. The van der Waals surface area contributed by atoms with Crippen LogP contribution < -0.4 is 0 Å². The molecular formula is C10H17NO. The van der Waals surface area contributed by atoms with Crippen molar-refractivity contribution < 1.29 is 4.74 Å². The second-order valence-electron chi connectivity index (χ2n) is 3.90. The first-order chi connectivity index (χ1) is 5.66. The summed E-state index contributed by atoms with van der Waals surface area (Å²) in [5.41, 5.74) is 0.379. The van der Waals surface area contributed by atoms with Crippen molar-refractivity contribution in [3.63, 3.8) is 0 Å². The molecule has 0 radical (unpaired) electrons. The minimum absolute atomic E-state index is 0.379. The molecule has 1 rings (SSSR count).